The molecule has 1 aromatic rings. The molecule has 3 nitrogen and oxygen atoms in total. The van der Waals surface area contributed by atoms with Gasteiger partial charge in [0, 0.05) is 16.5 Å². The van der Waals surface area contributed by atoms with Crippen LogP contribution in [0, 0.1) is 20.3 Å². The summed E-state index contributed by atoms with van der Waals surface area (Å²) in [5.41, 5.74) is 2.07. The molecule has 0 saturated heterocycles. The van der Waals surface area contributed by atoms with Crippen molar-refractivity contribution < 1.29 is 4.79 Å². The Morgan fingerprint density at radius 1 is 1.38 bits per heavy atom. The topological polar surface area (TPSA) is 52.9 Å². The highest BCUT2D eigenvalue weighted by atomic mass is 127. The second-order valence-corrected chi connectivity index (χ2v) is 7.59. The molecule has 0 saturated carbocycles. The largest absolute Gasteiger partial charge is 0.356 e. The molecular formula is C17H23IN2O. The van der Waals surface area contributed by atoms with Crippen LogP contribution in [0.4, 0.5) is 0 Å². The number of hydrogen-bond donors (Lipinski definition) is 1. The van der Waals surface area contributed by atoms with E-state index in [1.807, 2.05) is 18.2 Å². The summed E-state index contributed by atoms with van der Waals surface area (Å²) in [6.45, 7) is 7.12. The van der Waals surface area contributed by atoms with Gasteiger partial charge < -0.3 is 5.32 Å². The van der Waals surface area contributed by atoms with Crippen molar-refractivity contribution in [3.05, 3.63) is 32.9 Å². The van der Waals surface area contributed by atoms with Crippen molar-refractivity contribution in [3.63, 3.8) is 0 Å². The smallest absolute Gasteiger partial charge is 0.220 e. The van der Waals surface area contributed by atoms with Crippen LogP contribution in [0.15, 0.2) is 18.2 Å². The summed E-state index contributed by atoms with van der Waals surface area (Å²) < 4.78 is 1.17. The molecule has 0 aliphatic heterocycles. The summed E-state index contributed by atoms with van der Waals surface area (Å²) in [6, 6.07) is 7.90. The average Bonchev–Trinajstić information content (AvgIpc) is 2.42. The van der Waals surface area contributed by atoms with Crippen LogP contribution in [0.25, 0.3) is 0 Å². The van der Waals surface area contributed by atoms with E-state index < -0.39 is 0 Å². The summed E-state index contributed by atoms with van der Waals surface area (Å²) in [7, 11) is 0. The van der Waals surface area contributed by atoms with Gasteiger partial charge in [-0.3, -0.25) is 4.79 Å². The van der Waals surface area contributed by atoms with Gasteiger partial charge in [-0.15, -0.1) is 0 Å². The summed E-state index contributed by atoms with van der Waals surface area (Å²) in [5, 5.41) is 11.9. The number of rotatable bonds is 6. The molecule has 114 valence electrons. The van der Waals surface area contributed by atoms with Crippen LogP contribution in [0.3, 0.4) is 0 Å². The van der Waals surface area contributed by atoms with Crippen molar-refractivity contribution in [2.24, 2.45) is 5.41 Å². The number of amides is 1. The van der Waals surface area contributed by atoms with Gasteiger partial charge >= 0.3 is 0 Å². The minimum absolute atomic E-state index is 0.130. The van der Waals surface area contributed by atoms with Crippen molar-refractivity contribution in [1.29, 1.82) is 5.26 Å². The van der Waals surface area contributed by atoms with E-state index in [0.29, 0.717) is 18.5 Å². The Bertz CT molecular complexity index is 527. The normalized spacial score (nSPS) is 11.0. The standard InChI is InChI=1S/C17H23IN2O/c1-17(2,3)9-8-16(21)20-10-4-5-14-11-13(12-19)6-7-15(14)18/h6-7,11H,4-5,8-10H2,1-3H3,(H,20,21). The van der Waals surface area contributed by atoms with Crippen molar-refractivity contribution in [3.8, 4) is 6.07 Å². The van der Waals surface area contributed by atoms with Crippen LogP contribution < -0.4 is 5.32 Å². The first-order valence-electron chi connectivity index (χ1n) is 7.27. The Morgan fingerprint density at radius 3 is 2.71 bits per heavy atom. The van der Waals surface area contributed by atoms with Gasteiger partial charge in [0.25, 0.3) is 0 Å². The molecule has 0 aliphatic rings. The minimum atomic E-state index is 0.130. The van der Waals surface area contributed by atoms with Crippen molar-refractivity contribution in [1.82, 2.24) is 5.32 Å². The zero-order valence-electron chi connectivity index (χ0n) is 13.0. The fraction of sp³-hybridized carbons (Fsp3) is 0.529. The van der Waals surface area contributed by atoms with E-state index in [0.717, 1.165) is 19.3 Å². The molecule has 0 aromatic heterocycles. The Hall–Kier alpha value is -1.09. The molecular weight excluding hydrogens is 375 g/mol. The Morgan fingerprint density at radius 2 is 2.10 bits per heavy atom. The molecule has 0 aliphatic carbocycles. The van der Waals surface area contributed by atoms with Crippen LogP contribution in [-0.2, 0) is 11.2 Å². The molecule has 1 aromatic carbocycles. The van der Waals surface area contributed by atoms with Gasteiger partial charge in [-0.2, -0.15) is 5.26 Å². The fourth-order valence-corrected chi connectivity index (χ4v) is 2.52. The van der Waals surface area contributed by atoms with Gasteiger partial charge in [0.15, 0.2) is 0 Å². The maximum Gasteiger partial charge on any atom is 0.220 e. The van der Waals surface area contributed by atoms with E-state index in [1.54, 1.807) is 0 Å². The number of carbonyl (C=O) groups is 1. The van der Waals surface area contributed by atoms with Crippen molar-refractivity contribution >= 4 is 28.5 Å². The number of nitriles is 1. The van der Waals surface area contributed by atoms with Crippen LogP contribution in [-0.4, -0.2) is 12.5 Å². The van der Waals surface area contributed by atoms with Gasteiger partial charge in [0.1, 0.15) is 0 Å². The number of aryl methyl sites for hydroxylation is 1. The number of carbonyl (C=O) groups excluding carboxylic acids is 1. The summed E-state index contributed by atoms with van der Waals surface area (Å²) in [5.74, 6) is 0.130. The van der Waals surface area contributed by atoms with Gasteiger partial charge in [-0.1, -0.05) is 20.8 Å². The lowest BCUT2D eigenvalue weighted by atomic mass is 9.90. The third-order valence-electron chi connectivity index (χ3n) is 3.22. The highest BCUT2D eigenvalue weighted by Gasteiger charge is 2.12. The molecule has 0 atom stereocenters. The third-order valence-corrected chi connectivity index (χ3v) is 4.27. The van der Waals surface area contributed by atoms with E-state index in [-0.39, 0.29) is 11.3 Å². The molecule has 0 heterocycles. The lowest BCUT2D eigenvalue weighted by Crippen LogP contribution is -2.25. The highest BCUT2D eigenvalue weighted by molar-refractivity contribution is 14.1. The van der Waals surface area contributed by atoms with Crippen LogP contribution in [0.1, 0.15) is 51.2 Å². The second-order valence-electron chi connectivity index (χ2n) is 6.43. The number of benzene rings is 1. The monoisotopic (exact) mass is 398 g/mol. The first-order chi connectivity index (χ1) is 9.81. The summed E-state index contributed by atoms with van der Waals surface area (Å²) in [6.07, 6.45) is 3.27. The predicted molar refractivity (Wildman–Crippen MR) is 93.9 cm³/mol. The van der Waals surface area contributed by atoms with Gasteiger partial charge in [0.05, 0.1) is 11.6 Å². The van der Waals surface area contributed by atoms with Gasteiger partial charge in [0.2, 0.25) is 5.91 Å². The van der Waals surface area contributed by atoms with E-state index in [2.05, 4.69) is 54.7 Å². The number of halogens is 1. The number of nitrogens with zero attached hydrogens (tertiary/aromatic N) is 1. The quantitative estimate of drug-likeness (QED) is 0.581. The molecule has 21 heavy (non-hydrogen) atoms. The fourth-order valence-electron chi connectivity index (χ4n) is 1.92. The Labute approximate surface area is 141 Å². The molecule has 0 bridgehead atoms. The van der Waals surface area contributed by atoms with Crippen molar-refractivity contribution in [2.45, 2.75) is 46.5 Å². The first-order valence-corrected chi connectivity index (χ1v) is 8.35. The molecule has 0 spiro atoms. The molecule has 0 radical (unpaired) electrons. The summed E-state index contributed by atoms with van der Waals surface area (Å²) in [4.78, 5) is 11.7. The molecule has 1 rings (SSSR count). The van der Waals surface area contributed by atoms with Gasteiger partial charge in [-0.25, -0.2) is 0 Å². The van der Waals surface area contributed by atoms with Crippen LogP contribution in [0.5, 0.6) is 0 Å². The molecule has 0 unspecified atom stereocenters. The third kappa shape index (κ3) is 7.47. The minimum Gasteiger partial charge on any atom is -0.356 e. The molecule has 0 fully saturated rings. The lowest BCUT2D eigenvalue weighted by molar-refractivity contribution is -0.121. The number of hydrogen-bond acceptors (Lipinski definition) is 2. The van der Waals surface area contributed by atoms with Gasteiger partial charge in [-0.05, 0) is 71.0 Å². The van der Waals surface area contributed by atoms with Crippen LogP contribution in [0.2, 0.25) is 0 Å². The SMILES string of the molecule is CC(C)(C)CCC(=O)NCCCc1cc(C#N)ccc1I. The number of nitrogens with one attached hydrogen (secondary N) is 1. The zero-order valence-corrected chi connectivity index (χ0v) is 15.2. The predicted octanol–water partition coefficient (Wildman–Crippen LogP) is 4.04. The highest BCUT2D eigenvalue weighted by Crippen LogP contribution is 2.20. The molecule has 4 heteroatoms. The average molecular weight is 398 g/mol. The van der Waals surface area contributed by atoms with E-state index >= 15 is 0 Å². The second kappa shape index (κ2) is 8.38. The summed E-state index contributed by atoms with van der Waals surface area (Å²) >= 11 is 2.28. The van der Waals surface area contributed by atoms with E-state index in [4.69, 9.17) is 5.26 Å². The maximum absolute atomic E-state index is 11.7. The van der Waals surface area contributed by atoms with E-state index in [9.17, 15) is 4.79 Å². The Kier molecular flexibility index (Phi) is 7.16. The molecule has 1 amide bonds. The van der Waals surface area contributed by atoms with Crippen LogP contribution >= 0.6 is 22.6 Å². The zero-order chi connectivity index (χ0) is 15.9. The maximum atomic E-state index is 11.7. The van der Waals surface area contributed by atoms with Crippen molar-refractivity contribution in [2.75, 3.05) is 6.54 Å². The van der Waals surface area contributed by atoms with E-state index in [1.165, 1.54) is 9.13 Å². The Balaban J connectivity index is 2.31. The lowest BCUT2D eigenvalue weighted by Gasteiger charge is -2.17. The first kappa shape index (κ1) is 18.0. The molecule has 1 N–H and O–H groups in total.